The van der Waals surface area contributed by atoms with E-state index in [1.807, 2.05) is 6.92 Å². The summed E-state index contributed by atoms with van der Waals surface area (Å²) in [5, 5.41) is 11.9. The van der Waals surface area contributed by atoms with Crippen LogP contribution in [0.3, 0.4) is 0 Å². The fourth-order valence-corrected chi connectivity index (χ4v) is 2.95. The number of nitrogens with one attached hydrogen (secondary N) is 1. The number of aliphatic carboxylic acids is 1. The minimum Gasteiger partial charge on any atom is -0.481 e. The molecular formula is C15H28N2O3. The summed E-state index contributed by atoms with van der Waals surface area (Å²) in [6.07, 6.45) is 3.15. The molecule has 0 heterocycles. The van der Waals surface area contributed by atoms with Gasteiger partial charge in [-0.2, -0.15) is 0 Å². The molecule has 0 aromatic carbocycles. The predicted molar refractivity (Wildman–Crippen MR) is 78.6 cm³/mol. The number of amides is 2. The normalized spacial score (nSPS) is 27.7. The van der Waals surface area contributed by atoms with Crippen LogP contribution in [0, 0.1) is 11.8 Å². The van der Waals surface area contributed by atoms with Crippen molar-refractivity contribution in [1.82, 2.24) is 10.2 Å². The van der Waals surface area contributed by atoms with Gasteiger partial charge in [0.1, 0.15) is 0 Å². The van der Waals surface area contributed by atoms with E-state index < -0.39 is 5.97 Å². The summed E-state index contributed by atoms with van der Waals surface area (Å²) < 4.78 is 0. The number of carboxylic acids is 1. The Bertz CT molecular complexity index is 346. The second kappa shape index (κ2) is 7.50. The van der Waals surface area contributed by atoms with Crippen molar-refractivity contribution in [1.29, 1.82) is 0 Å². The highest BCUT2D eigenvalue weighted by Gasteiger charge is 2.28. The monoisotopic (exact) mass is 284 g/mol. The first kappa shape index (κ1) is 16.8. The molecule has 0 spiro atoms. The Balaban J connectivity index is 2.53. The van der Waals surface area contributed by atoms with Crippen LogP contribution in [0.1, 0.15) is 53.4 Å². The Morgan fingerprint density at radius 1 is 1.30 bits per heavy atom. The Morgan fingerprint density at radius 3 is 2.45 bits per heavy atom. The number of hydrogen-bond donors (Lipinski definition) is 2. The molecule has 4 unspecified atom stereocenters. The molecule has 1 rings (SSSR count). The second-order valence-electron chi connectivity index (χ2n) is 6.15. The van der Waals surface area contributed by atoms with Crippen LogP contribution in [0.2, 0.25) is 0 Å². The van der Waals surface area contributed by atoms with E-state index in [-0.39, 0.29) is 24.5 Å². The molecule has 2 N–H and O–H groups in total. The van der Waals surface area contributed by atoms with Crippen LogP contribution in [0.25, 0.3) is 0 Å². The number of carboxylic acid groups (broad SMARTS) is 1. The van der Waals surface area contributed by atoms with Gasteiger partial charge in [-0.15, -0.1) is 0 Å². The van der Waals surface area contributed by atoms with Crippen LogP contribution in [0.5, 0.6) is 0 Å². The van der Waals surface area contributed by atoms with Crippen molar-refractivity contribution in [2.75, 3.05) is 6.54 Å². The molecule has 0 aliphatic heterocycles. The number of carbonyl (C=O) groups is 2. The first-order valence-electron chi connectivity index (χ1n) is 7.64. The molecule has 0 saturated heterocycles. The SMILES string of the molecule is CCN(C(=O)NC1CCC(C)C(C)C1)C(C)CC(=O)O. The van der Waals surface area contributed by atoms with Crippen molar-refractivity contribution in [3.8, 4) is 0 Å². The predicted octanol–water partition coefficient (Wildman–Crippen LogP) is 2.71. The number of urea groups is 1. The molecule has 1 aliphatic carbocycles. The second-order valence-corrected chi connectivity index (χ2v) is 6.15. The third-order valence-electron chi connectivity index (χ3n) is 4.53. The summed E-state index contributed by atoms with van der Waals surface area (Å²) in [7, 11) is 0. The van der Waals surface area contributed by atoms with Crippen LogP contribution >= 0.6 is 0 Å². The zero-order chi connectivity index (χ0) is 15.3. The van der Waals surface area contributed by atoms with Gasteiger partial charge in [0.15, 0.2) is 0 Å². The van der Waals surface area contributed by atoms with E-state index in [0.717, 1.165) is 25.2 Å². The van der Waals surface area contributed by atoms with Gasteiger partial charge in [0.05, 0.1) is 6.42 Å². The molecule has 0 aromatic heterocycles. The molecule has 5 heteroatoms. The van der Waals surface area contributed by atoms with E-state index in [1.165, 1.54) is 0 Å². The topological polar surface area (TPSA) is 69.6 Å². The van der Waals surface area contributed by atoms with Gasteiger partial charge < -0.3 is 15.3 Å². The van der Waals surface area contributed by atoms with Gasteiger partial charge in [-0.3, -0.25) is 4.79 Å². The Kier molecular flexibility index (Phi) is 6.30. The summed E-state index contributed by atoms with van der Waals surface area (Å²) in [5.74, 6) is 0.473. The van der Waals surface area contributed by atoms with Crippen LogP contribution in [-0.2, 0) is 4.79 Å². The average molecular weight is 284 g/mol. The first-order chi connectivity index (χ1) is 9.35. The molecule has 116 valence electrons. The molecule has 1 aliphatic rings. The summed E-state index contributed by atoms with van der Waals surface area (Å²) in [6, 6.07) is -0.190. The minimum atomic E-state index is -0.871. The zero-order valence-corrected chi connectivity index (χ0v) is 13.1. The molecule has 0 radical (unpaired) electrons. The van der Waals surface area contributed by atoms with Gasteiger partial charge in [-0.25, -0.2) is 4.79 Å². The lowest BCUT2D eigenvalue weighted by Crippen LogP contribution is -2.50. The lowest BCUT2D eigenvalue weighted by molar-refractivity contribution is -0.138. The van der Waals surface area contributed by atoms with Crippen molar-refractivity contribution < 1.29 is 14.7 Å². The van der Waals surface area contributed by atoms with Crippen molar-refractivity contribution in [2.24, 2.45) is 11.8 Å². The Hall–Kier alpha value is -1.26. The van der Waals surface area contributed by atoms with Gasteiger partial charge >= 0.3 is 12.0 Å². The maximum Gasteiger partial charge on any atom is 0.317 e. The quantitative estimate of drug-likeness (QED) is 0.815. The van der Waals surface area contributed by atoms with Crippen molar-refractivity contribution in [2.45, 2.75) is 65.5 Å². The fraction of sp³-hybridized carbons (Fsp3) is 0.867. The van der Waals surface area contributed by atoms with Crippen molar-refractivity contribution in [3.63, 3.8) is 0 Å². The van der Waals surface area contributed by atoms with Crippen LogP contribution in [0.4, 0.5) is 4.79 Å². The van der Waals surface area contributed by atoms with Gasteiger partial charge in [-0.05, 0) is 44.9 Å². The molecule has 1 fully saturated rings. The van der Waals surface area contributed by atoms with E-state index in [1.54, 1.807) is 11.8 Å². The lowest BCUT2D eigenvalue weighted by Gasteiger charge is -2.35. The van der Waals surface area contributed by atoms with E-state index in [2.05, 4.69) is 19.2 Å². The third kappa shape index (κ3) is 4.69. The van der Waals surface area contributed by atoms with Gasteiger partial charge in [-0.1, -0.05) is 13.8 Å². The van der Waals surface area contributed by atoms with Crippen molar-refractivity contribution >= 4 is 12.0 Å². The van der Waals surface area contributed by atoms with E-state index in [0.29, 0.717) is 12.5 Å². The van der Waals surface area contributed by atoms with Gasteiger partial charge in [0.25, 0.3) is 0 Å². The molecule has 0 bridgehead atoms. The summed E-state index contributed by atoms with van der Waals surface area (Å²) >= 11 is 0. The van der Waals surface area contributed by atoms with Crippen LogP contribution in [0.15, 0.2) is 0 Å². The summed E-state index contributed by atoms with van der Waals surface area (Å²) in [4.78, 5) is 24.6. The van der Waals surface area contributed by atoms with E-state index >= 15 is 0 Å². The lowest BCUT2D eigenvalue weighted by atomic mass is 9.79. The maximum absolute atomic E-state index is 12.3. The number of rotatable bonds is 5. The minimum absolute atomic E-state index is 0.0145. The molecule has 4 atom stereocenters. The zero-order valence-electron chi connectivity index (χ0n) is 13.1. The molecule has 20 heavy (non-hydrogen) atoms. The maximum atomic E-state index is 12.3. The molecule has 1 saturated carbocycles. The summed E-state index contributed by atoms with van der Waals surface area (Å²) in [6.45, 7) is 8.68. The number of carbonyl (C=O) groups excluding carboxylic acids is 1. The van der Waals surface area contributed by atoms with Crippen LogP contribution in [-0.4, -0.2) is 40.6 Å². The molecule has 0 aromatic rings. The first-order valence-corrected chi connectivity index (χ1v) is 7.64. The fourth-order valence-electron chi connectivity index (χ4n) is 2.95. The van der Waals surface area contributed by atoms with Gasteiger partial charge in [0, 0.05) is 18.6 Å². The van der Waals surface area contributed by atoms with Gasteiger partial charge in [0.2, 0.25) is 0 Å². The molecular weight excluding hydrogens is 256 g/mol. The number of nitrogens with zero attached hydrogens (tertiary/aromatic N) is 1. The highest BCUT2D eigenvalue weighted by molar-refractivity contribution is 5.76. The Labute approximate surface area is 121 Å². The molecule has 5 nitrogen and oxygen atoms in total. The van der Waals surface area contributed by atoms with E-state index in [9.17, 15) is 9.59 Å². The Morgan fingerprint density at radius 2 is 1.95 bits per heavy atom. The number of hydrogen-bond acceptors (Lipinski definition) is 2. The van der Waals surface area contributed by atoms with Crippen molar-refractivity contribution in [3.05, 3.63) is 0 Å². The third-order valence-corrected chi connectivity index (χ3v) is 4.53. The smallest absolute Gasteiger partial charge is 0.317 e. The standard InChI is InChI=1S/C15H28N2O3/c1-5-17(12(4)9-14(18)19)15(20)16-13-7-6-10(2)11(3)8-13/h10-13H,5-9H2,1-4H3,(H,16,20)(H,18,19). The van der Waals surface area contributed by atoms with E-state index in [4.69, 9.17) is 5.11 Å². The van der Waals surface area contributed by atoms with Crippen LogP contribution < -0.4 is 5.32 Å². The highest BCUT2D eigenvalue weighted by atomic mass is 16.4. The molecule has 2 amide bonds. The highest BCUT2D eigenvalue weighted by Crippen LogP contribution is 2.29. The summed E-state index contributed by atoms with van der Waals surface area (Å²) in [5.41, 5.74) is 0. The largest absolute Gasteiger partial charge is 0.481 e. The average Bonchev–Trinajstić information content (AvgIpc) is 2.33.